The Hall–Kier alpha value is -0.810. The number of rotatable bonds is 2. The van der Waals surface area contributed by atoms with Crippen LogP contribution in [0.5, 0.6) is 0 Å². The highest BCUT2D eigenvalue weighted by molar-refractivity contribution is 6.66. The van der Waals surface area contributed by atoms with Gasteiger partial charge in [-0.15, -0.1) is 5.10 Å². The van der Waals surface area contributed by atoms with Crippen molar-refractivity contribution < 1.29 is 0 Å². The minimum absolute atomic E-state index is 0.162. The number of hydrogen-bond donors (Lipinski definition) is 1. The van der Waals surface area contributed by atoms with Crippen molar-refractivity contribution in [2.24, 2.45) is 5.73 Å². The van der Waals surface area contributed by atoms with Crippen LogP contribution in [0.1, 0.15) is 17.0 Å². The molecule has 0 atom stereocenters. The van der Waals surface area contributed by atoms with Crippen LogP contribution in [0, 0.1) is 6.92 Å². The van der Waals surface area contributed by atoms with Gasteiger partial charge in [-0.05, 0) is 18.6 Å². The normalized spacial score (nSPS) is 11.8. The standard InChI is InChI=1S/C11H11Cl3N4/c1-7-4-2-3-5-9(7)18-10(11(12,13)14)8(6-15)16-17-18/h2-5H,6,15H2,1H3. The second-order valence-electron chi connectivity index (χ2n) is 3.78. The van der Waals surface area contributed by atoms with E-state index < -0.39 is 3.79 Å². The molecular weight excluding hydrogens is 295 g/mol. The molecule has 0 saturated carbocycles. The summed E-state index contributed by atoms with van der Waals surface area (Å²) >= 11 is 17.9. The van der Waals surface area contributed by atoms with Crippen LogP contribution >= 0.6 is 34.8 Å². The third kappa shape index (κ3) is 2.47. The Bertz CT molecular complexity index is 560. The van der Waals surface area contributed by atoms with Crippen molar-refractivity contribution in [3.8, 4) is 5.69 Å². The summed E-state index contributed by atoms with van der Waals surface area (Å²) in [6.45, 7) is 2.11. The predicted molar refractivity (Wildman–Crippen MR) is 73.2 cm³/mol. The summed E-state index contributed by atoms with van der Waals surface area (Å²) in [6, 6.07) is 7.63. The van der Waals surface area contributed by atoms with Gasteiger partial charge in [0, 0.05) is 6.54 Å². The Morgan fingerprint density at radius 2 is 1.94 bits per heavy atom. The first-order chi connectivity index (χ1) is 8.45. The smallest absolute Gasteiger partial charge is 0.234 e. The second-order valence-corrected chi connectivity index (χ2v) is 6.07. The van der Waals surface area contributed by atoms with Gasteiger partial charge < -0.3 is 5.73 Å². The Kier molecular flexibility index (Phi) is 3.82. The molecule has 0 unspecified atom stereocenters. The van der Waals surface area contributed by atoms with Crippen LogP contribution in [0.3, 0.4) is 0 Å². The second kappa shape index (κ2) is 5.05. The molecule has 2 N–H and O–H groups in total. The third-order valence-electron chi connectivity index (χ3n) is 2.55. The fourth-order valence-electron chi connectivity index (χ4n) is 1.70. The summed E-state index contributed by atoms with van der Waals surface area (Å²) in [5.41, 5.74) is 8.25. The van der Waals surface area contributed by atoms with Gasteiger partial charge in [0.05, 0.1) is 5.69 Å². The summed E-state index contributed by atoms with van der Waals surface area (Å²) in [5.74, 6) is 0. The van der Waals surface area contributed by atoms with Crippen molar-refractivity contribution in [1.29, 1.82) is 0 Å². The molecule has 2 rings (SSSR count). The highest BCUT2D eigenvalue weighted by Gasteiger charge is 2.32. The number of aryl methyl sites for hydroxylation is 1. The van der Waals surface area contributed by atoms with Gasteiger partial charge in [-0.2, -0.15) is 0 Å². The van der Waals surface area contributed by atoms with Crippen LogP contribution in [-0.4, -0.2) is 15.0 Å². The topological polar surface area (TPSA) is 56.7 Å². The molecule has 0 aliphatic carbocycles. The van der Waals surface area contributed by atoms with Crippen molar-refractivity contribution in [3.63, 3.8) is 0 Å². The monoisotopic (exact) mass is 304 g/mol. The summed E-state index contributed by atoms with van der Waals surface area (Å²) in [4.78, 5) is 0. The molecule has 0 fully saturated rings. The number of nitrogens with two attached hydrogens (primary N) is 1. The maximum absolute atomic E-state index is 5.97. The Morgan fingerprint density at radius 3 is 2.50 bits per heavy atom. The van der Waals surface area contributed by atoms with E-state index in [1.165, 1.54) is 4.68 Å². The zero-order valence-electron chi connectivity index (χ0n) is 9.57. The van der Waals surface area contributed by atoms with Crippen molar-refractivity contribution in [2.45, 2.75) is 17.3 Å². The van der Waals surface area contributed by atoms with Crippen molar-refractivity contribution >= 4 is 34.8 Å². The fraction of sp³-hybridized carbons (Fsp3) is 0.273. The van der Waals surface area contributed by atoms with Gasteiger partial charge in [0.1, 0.15) is 11.4 Å². The molecule has 1 aromatic heterocycles. The molecule has 0 radical (unpaired) electrons. The van der Waals surface area contributed by atoms with Crippen molar-refractivity contribution in [1.82, 2.24) is 15.0 Å². The molecule has 0 bridgehead atoms. The van der Waals surface area contributed by atoms with E-state index in [9.17, 15) is 0 Å². The maximum Gasteiger partial charge on any atom is 0.234 e. The number of halogens is 3. The predicted octanol–water partition coefficient (Wildman–Crippen LogP) is 2.86. The fourth-order valence-corrected chi connectivity index (χ4v) is 2.27. The lowest BCUT2D eigenvalue weighted by Gasteiger charge is -2.15. The number of hydrogen-bond acceptors (Lipinski definition) is 3. The van der Waals surface area contributed by atoms with Crippen LogP contribution in [0.2, 0.25) is 0 Å². The number of benzene rings is 1. The zero-order chi connectivity index (χ0) is 13.3. The molecule has 1 aromatic carbocycles. The molecule has 0 spiro atoms. The van der Waals surface area contributed by atoms with Crippen LogP contribution in [0.4, 0.5) is 0 Å². The number of para-hydroxylation sites is 1. The minimum Gasteiger partial charge on any atom is -0.325 e. The van der Waals surface area contributed by atoms with Crippen LogP contribution in [0.25, 0.3) is 5.69 Å². The van der Waals surface area contributed by atoms with Crippen LogP contribution in [0.15, 0.2) is 24.3 Å². The Balaban J connectivity index is 2.66. The van der Waals surface area contributed by atoms with E-state index in [-0.39, 0.29) is 6.54 Å². The molecule has 0 saturated heterocycles. The summed E-state index contributed by atoms with van der Waals surface area (Å²) in [5, 5.41) is 7.97. The Morgan fingerprint density at radius 1 is 1.28 bits per heavy atom. The molecular formula is C11H11Cl3N4. The lowest BCUT2D eigenvalue weighted by atomic mass is 10.2. The van der Waals surface area contributed by atoms with Gasteiger partial charge in [-0.3, -0.25) is 0 Å². The molecule has 0 amide bonds. The highest BCUT2D eigenvalue weighted by Crippen LogP contribution is 2.40. The molecule has 2 aromatic rings. The van der Waals surface area contributed by atoms with Crippen molar-refractivity contribution in [2.75, 3.05) is 0 Å². The first-order valence-electron chi connectivity index (χ1n) is 5.23. The molecule has 1 heterocycles. The quantitative estimate of drug-likeness (QED) is 0.868. The molecule has 7 heteroatoms. The van der Waals surface area contributed by atoms with Crippen LogP contribution in [-0.2, 0) is 10.3 Å². The zero-order valence-corrected chi connectivity index (χ0v) is 11.8. The lowest BCUT2D eigenvalue weighted by Crippen LogP contribution is -2.14. The van der Waals surface area contributed by atoms with E-state index in [0.29, 0.717) is 11.4 Å². The van der Waals surface area contributed by atoms with Gasteiger partial charge in [0.2, 0.25) is 3.79 Å². The number of nitrogens with zero attached hydrogens (tertiary/aromatic N) is 3. The van der Waals surface area contributed by atoms with Gasteiger partial charge in [-0.25, -0.2) is 4.68 Å². The maximum atomic E-state index is 5.97. The summed E-state index contributed by atoms with van der Waals surface area (Å²) < 4.78 is -0.106. The molecule has 0 aliphatic heterocycles. The molecule has 0 aliphatic rings. The number of aromatic nitrogens is 3. The molecule has 18 heavy (non-hydrogen) atoms. The lowest BCUT2D eigenvalue weighted by molar-refractivity contribution is 0.766. The molecule has 96 valence electrons. The van der Waals surface area contributed by atoms with E-state index in [4.69, 9.17) is 40.5 Å². The first-order valence-corrected chi connectivity index (χ1v) is 6.36. The van der Waals surface area contributed by atoms with E-state index in [1.54, 1.807) is 0 Å². The summed E-state index contributed by atoms with van der Waals surface area (Å²) in [6.07, 6.45) is 0. The van der Waals surface area contributed by atoms with Gasteiger partial charge in [-0.1, -0.05) is 58.2 Å². The van der Waals surface area contributed by atoms with Gasteiger partial charge in [0.25, 0.3) is 0 Å². The summed E-state index contributed by atoms with van der Waals surface area (Å²) in [7, 11) is 0. The average molecular weight is 306 g/mol. The Labute approximate surface area is 120 Å². The highest BCUT2D eigenvalue weighted by atomic mass is 35.6. The van der Waals surface area contributed by atoms with Gasteiger partial charge in [0.15, 0.2) is 0 Å². The molecule has 4 nitrogen and oxygen atoms in total. The van der Waals surface area contributed by atoms with Crippen LogP contribution < -0.4 is 5.73 Å². The average Bonchev–Trinajstić information content (AvgIpc) is 2.73. The SMILES string of the molecule is Cc1ccccc1-n1nnc(CN)c1C(Cl)(Cl)Cl. The third-order valence-corrected chi connectivity index (χ3v) is 3.08. The van der Waals surface area contributed by atoms with E-state index in [1.807, 2.05) is 31.2 Å². The van der Waals surface area contributed by atoms with E-state index >= 15 is 0 Å². The van der Waals surface area contributed by atoms with Crippen molar-refractivity contribution in [3.05, 3.63) is 41.2 Å². The largest absolute Gasteiger partial charge is 0.325 e. The van der Waals surface area contributed by atoms with E-state index in [2.05, 4.69) is 10.3 Å². The van der Waals surface area contributed by atoms with Gasteiger partial charge >= 0.3 is 0 Å². The minimum atomic E-state index is -1.62. The van der Waals surface area contributed by atoms with E-state index in [0.717, 1.165) is 11.3 Å². The first kappa shape index (κ1) is 13.6. The number of alkyl halides is 3.